The fraction of sp³-hybridized carbons (Fsp3) is 0.0952. The van der Waals surface area contributed by atoms with Crippen LogP contribution in [-0.2, 0) is 9.59 Å². The smallest absolute Gasteiger partial charge is 0.272 e. The van der Waals surface area contributed by atoms with E-state index >= 15 is 0 Å². The van der Waals surface area contributed by atoms with Crippen LogP contribution < -0.4 is 25.6 Å². The number of carbonyl (C=O) groups excluding carboxylic acids is 3. The van der Waals surface area contributed by atoms with Crippen molar-refractivity contribution in [3.63, 3.8) is 0 Å². The predicted molar refractivity (Wildman–Crippen MR) is 215 cm³/mol. The lowest BCUT2D eigenvalue weighted by atomic mass is 10.1. The van der Waals surface area contributed by atoms with E-state index in [1.54, 1.807) is 49.6 Å². The predicted octanol–water partition coefficient (Wildman–Crippen LogP) is 8.77. The van der Waals surface area contributed by atoms with Crippen molar-refractivity contribution in [3.8, 4) is 17.0 Å². The molecule has 6 rings (SSSR count). The Hall–Kier alpha value is -6.17. The van der Waals surface area contributed by atoms with Crippen molar-refractivity contribution in [1.82, 2.24) is 10.3 Å². The van der Waals surface area contributed by atoms with Crippen LogP contribution >= 0.6 is 23.1 Å². The molecule has 6 aromatic rings. The fourth-order valence-electron chi connectivity index (χ4n) is 5.31. The van der Waals surface area contributed by atoms with Crippen molar-refractivity contribution in [2.75, 3.05) is 36.7 Å². The van der Waals surface area contributed by atoms with Gasteiger partial charge in [0.25, 0.3) is 11.8 Å². The summed E-state index contributed by atoms with van der Waals surface area (Å²) in [6, 6.07) is 40.8. The average Bonchev–Trinajstić information content (AvgIpc) is 3.66. The van der Waals surface area contributed by atoms with Crippen LogP contribution in [0.4, 0.5) is 16.5 Å². The molecule has 11 heteroatoms. The second-order valence-electron chi connectivity index (χ2n) is 12.0. The molecule has 0 bridgehead atoms. The number of methoxy groups -OCH3 is 1. The monoisotopic (exact) mass is 739 g/mol. The van der Waals surface area contributed by atoms with Crippen molar-refractivity contribution >= 4 is 63.4 Å². The van der Waals surface area contributed by atoms with Crippen molar-refractivity contribution in [3.05, 3.63) is 161 Å². The average molecular weight is 740 g/mol. The Labute approximate surface area is 316 Å². The van der Waals surface area contributed by atoms with Crippen LogP contribution in [0.3, 0.4) is 0 Å². The van der Waals surface area contributed by atoms with Crippen LogP contribution in [0.25, 0.3) is 17.3 Å². The first-order chi connectivity index (χ1) is 25.8. The number of hydrogen-bond acceptors (Lipinski definition) is 8. The quantitative estimate of drug-likeness (QED) is 0.0802. The molecule has 1 aromatic heterocycles. The number of nitrogens with zero attached hydrogens (tertiary/aromatic N) is 2. The van der Waals surface area contributed by atoms with Crippen LogP contribution in [0.2, 0.25) is 0 Å². The summed E-state index contributed by atoms with van der Waals surface area (Å²) >= 11 is 2.73. The van der Waals surface area contributed by atoms with Gasteiger partial charge in [-0.25, -0.2) is 4.98 Å². The number of carbonyl (C=O) groups is 3. The van der Waals surface area contributed by atoms with Crippen molar-refractivity contribution in [1.29, 1.82) is 0 Å². The standard InChI is InChI=1S/C42H37N5O4S2/c1-47(2)32-22-18-28(19-23-32)26-35(44-39(48)30-14-8-5-9-15-30)40(49)43-31-20-24-33(25-21-31)53-38(29-12-6-4-7-13-29)41(50)46-42-45-36(27-52-42)34-16-10-11-17-37(34)51-3/h4-27,38H,1-3H3,(H,43,49)(H,44,48)(H,45,46,50)/b35-26-. The highest BCUT2D eigenvalue weighted by Crippen LogP contribution is 2.38. The third kappa shape index (κ3) is 9.59. The van der Waals surface area contributed by atoms with Gasteiger partial charge in [0.05, 0.1) is 12.8 Å². The fourth-order valence-corrected chi connectivity index (χ4v) is 7.05. The van der Waals surface area contributed by atoms with Gasteiger partial charge in [-0.1, -0.05) is 72.8 Å². The maximum absolute atomic E-state index is 13.8. The molecule has 53 heavy (non-hydrogen) atoms. The minimum atomic E-state index is -0.586. The summed E-state index contributed by atoms with van der Waals surface area (Å²) in [5, 5.41) is 10.5. The van der Waals surface area contributed by atoms with Crippen LogP contribution in [0, 0.1) is 0 Å². The van der Waals surface area contributed by atoms with Gasteiger partial charge in [-0.2, -0.15) is 0 Å². The van der Waals surface area contributed by atoms with Crippen LogP contribution in [0.15, 0.2) is 149 Å². The molecule has 0 aliphatic heterocycles. The Morgan fingerprint density at radius 2 is 1.45 bits per heavy atom. The molecule has 0 saturated carbocycles. The largest absolute Gasteiger partial charge is 0.496 e. The van der Waals surface area contributed by atoms with Crippen LogP contribution in [0.5, 0.6) is 5.75 Å². The molecule has 5 aromatic carbocycles. The first-order valence-electron chi connectivity index (χ1n) is 16.7. The molecule has 0 saturated heterocycles. The first-order valence-corrected chi connectivity index (χ1v) is 18.4. The highest BCUT2D eigenvalue weighted by Gasteiger charge is 2.24. The van der Waals surface area contributed by atoms with Gasteiger partial charge in [0.1, 0.15) is 16.7 Å². The number of ether oxygens (including phenoxy) is 1. The number of para-hydroxylation sites is 1. The number of rotatable bonds is 13. The Balaban J connectivity index is 1.17. The Morgan fingerprint density at radius 3 is 2.13 bits per heavy atom. The van der Waals surface area contributed by atoms with E-state index in [0.29, 0.717) is 27.8 Å². The second kappa shape index (κ2) is 17.4. The molecule has 0 aliphatic carbocycles. The lowest BCUT2D eigenvalue weighted by Crippen LogP contribution is -2.30. The topological polar surface area (TPSA) is 113 Å². The van der Waals surface area contributed by atoms with Crippen LogP contribution in [0.1, 0.15) is 26.7 Å². The van der Waals surface area contributed by atoms with Gasteiger partial charge in [0.15, 0.2) is 5.13 Å². The zero-order chi connectivity index (χ0) is 37.2. The molecule has 266 valence electrons. The van der Waals surface area contributed by atoms with Gasteiger partial charge >= 0.3 is 0 Å². The molecule has 0 spiro atoms. The Morgan fingerprint density at radius 1 is 0.792 bits per heavy atom. The molecule has 1 heterocycles. The molecule has 1 unspecified atom stereocenters. The number of thiazole rings is 1. The lowest BCUT2D eigenvalue weighted by Gasteiger charge is -2.17. The number of anilines is 3. The number of thioether (sulfide) groups is 1. The first kappa shape index (κ1) is 36.6. The highest BCUT2D eigenvalue weighted by atomic mass is 32.2. The molecule has 1 atom stereocenters. The number of nitrogens with one attached hydrogen (secondary N) is 3. The zero-order valence-corrected chi connectivity index (χ0v) is 30.9. The third-order valence-corrected chi connectivity index (χ3v) is 10.1. The summed E-state index contributed by atoms with van der Waals surface area (Å²) in [5.41, 5.74) is 5.18. The van der Waals surface area contributed by atoms with Crippen LogP contribution in [-0.4, -0.2) is 43.9 Å². The molecular weight excluding hydrogens is 703 g/mol. The molecule has 0 radical (unpaired) electrons. The normalized spacial score (nSPS) is 11.6. The molecule has 3 N–H and O–H groups in total. The van der Waals surface area contributed by atoms with E-state index in [4.69, 9.17) is 4.74 Å². The van der Waals surface area contributed by atoms with Gasteiger partial charge in [-0.05, 0) is 77.9 Å². The minimum Gasteiger partial charge on any atom is -0.496 e. The van der Waals surface area contributed by atoms with E-state index in [0.717, 1.165) is 27.3 Å². The summed E-state index contributed by atoms with van der Waals surface area (Å²) < 4.78 is 5.49. The van der Waals surface area contributed by atoms with E-state index in [1.807, 2.05) is 121 Å². The number of hydrogen-bond donors (Lipinski definition) is 3. The van der Waals surface area contributed by atoms with E-state index in [1.165, 1.54) is 23.1 Å². The highest BCUT2D eigenvalue weighted by molar-refractivity contribution is 8.00. The summed E-state index contributed by atoms with van der Waals surface area (Å²) in [7, 11) is 5.52. The molecule has 0 aliphatic rings. The van der Waals surface area contributed by atoms with E-state index in [9.17, 15) is 14.4 Å². The number of aromatic nitrogens is 1. The Kier molecular flexibility index (Phi) is 12.0. The van der Waals surface area contributed by atoms with Crippen molar-refractivity contribution in [2.24, 2.45) is 0 Å². The van der Waals surface area contributed by atoms with Gasteiger partial charge < -0.3 is 25.6 Å². The Bertz CT molecular complexity index is 2200. The number of benzene rings is 5. The van der Waals surface area contributed by atoms with Crippen molar-refractivity contribution < 1.29 is 19.1 Å². The minimum absolute atomic E-state index is 0.0896. The van der Waals surface area contributed by atoms with E-state index < -0.39 is 17.1 Å². The van der Waals surface area contributed by atoms with Crippen molar-refractivity contribution in [2.45, 2.75) is 10.1 Å². The van der Waals surface area contributed by atoms with Gasteiger partial charge in [-0.15, -0.1) is 23.1 Å². The molecule has 3 amide bonds. The van der Waals surface area contributed by atoms with Gasteiger partial charge in [-0.3, -0.25) is 14.4 Å². The second-order valence-corrected chi connectivity index (χ2v) is 14.0. The maximum Gasteiger partial charge on any atom is 0.272 e. The van der Waals surface area contributed by atoms with Gasteiger partial charge in [0, 0.05) is 46.9 Å². The van der Waals surface area contributed by atoms with E-state index in [-0.39, 0.29) is 11.6 Å². The summed E-state index contributed by atoms with van der Waals surface area (Å²) in [6.45, 7) is 0. The van der Waals surface area contributed by atoms with Gasteiger partial charge in [0.2, 0.25) is 5.91 Å². The third-order valence-electron chi connectivity index (χ3n) is 8.07. The number of amides is 3. The SMILES string of the molecule is COc1ccccc1-c1csc(NC(=O)C(Sc2ccc(NC(=O)/C(=C/c3ccc(N(C)C)cc3)NC(=O)c3ccccc3)cc2)c2ccccc2)n1. The molecule has 0 fully saturated rings. The maximum atomic E-state index is 13.8. The summed E-state index contributed by atoms with van der Waals surface area (Å²) in [4.78, 5) is 47.9. The zero-order valence-electron chi connectivity index (χ0n) is 29.3. The van der Waals surface area contributed by atoms with E-state index in [2.05, 4.69) is 20.9 Å². The lowest BCUT2D eigenvalue weighted by molar-refractivity contribution is -0.116. The molecular formula is C42H37N5O4S2. The summed E-state index contributed by atoms with van der Waals surface area (Å²) in [6.07, 6.45) is 1.64. The molecule has 9 nitrogen and oxygen atoms in total. The summed E-state index contributed by atoms with van der Waals surface area (Å²) in [5.74, 6) is -0.402.